The zero-order valence-corrected chi connectivity index (χ0v) is 23.0. The predicted octanol–water partition coefficient (Wildman–Crippen LogP) is 3.29. The van der Waals surface area contributed by atoms with Crippen molar-refractivity contribution in [3.8, 4) is 11.1 Å². The van der Waals surface area contributed by atoms with Gasteiger partial charge in [0, 0.05) is 31.2 Å². The van der Waals surface area contributed by atoms with Crippen molar-refractivity contribution in [2.75, 3.05) is 18.8 Å². The summed E-state index contributed by atoms with van der Waals surface area (Å²) in [5.41, 5.74) is 10.2. The standard InChI is InChI=1S/C26H34N4O5S2/c1-4-36(32,33)30-10-8-19(9-11-30)24-16-28-25-22(24)13-21(14-23(25)26(27)31)20-7-5-6-18(12-20)15-29-37(34,35)17(2)3/h5-7,12-14,16-17,19,28-29H,4,8-11,15H2,1-3H3,(H2,27,31). The van der Waals surface area contributed by atoms with Crippen molar-refractivity contribution in [3.63, 3.8) is 0 Å². The van der Waals surface area contributed by atoms with Gasteiger partial charge in [-0.25, -0.2) is 25.9 Å². The molecule has 0 spiro atoms. The molecule has 2 heterocycles. The van der Waals surface area contributed by atoms with Crippen LogP contribution in [0.3, 0.4) is 0 Å². The van der Waals surface area contributed by atoms with Crippen LogP contribution in [-0.4, -0.2) is 56.1 Å². The zero-order chi connectivity index (χ0) is 27.0. The maximum atomic E-state index is 12.4. The molecule has 3 aromatic rings. The van der Waals surface area contributed by atoms with Gasteiger partial charge in [0.2, 0.25) is 20.0 Å². The maximum absolute atomic E-state index is 12.4. The first-order valence-corrected chi connectivity index (χ1v) is 15.6. The Bertz CT molecular complexity index is 1520. The number of piperidine rings is 1. The molecule has 0 atom stereocenters. The number of nitrogens with one attached hydrogen (secondary N) is 2. The Morgan fingerprint density at radius 2 is 1.81 bits per heavy atom. The fraction of sp³-hybridized carbons (Fsp3) is 0.423. The lowest BCUT2D eigenvalue weighted by Crippen LogP contribution is -2.38. The molecule has 0 radical (unpaired) electrons. The molecule has 200 valence electrons. The Kier molecular flexibility index (Phi) is 7.80. The summed E-state index contributed by atoms with van der Waals surface area (Å²) in [6.07, 6.45) is 3.27. The Balaban J connectivity index is 1.68. The molecule has 1 aromatic heterocycles. The lowest BCUT2D eigenvalue weighted by Gasteiger charge is -2.31. The van der Waals surface area contributed by atoms with E-state index in [9.17, 15) is 21.6 Å². The van der Waals surface area contributed by atoms with Crippen molar-refractivity contribution in [3.05, 3.63) is 59.3 Å². The normalized spacial score (nSPS) is 16.0. The predicted molar refractivity (Wildman–Crippen MR) is 146 cm³/mol. The molecular weight excluding hydrogens is 512 g/mol. The van der Waals surface area contributed by atoms with Gasteiger partial charge in [0.15, 0.2) is 0 Å². The molecule has 4 rings (SSSR count). The van der Waals surface area contributed by atoms with Crippen LogP contribution in [0.5, 0.6) is 0 Å². The van der Waals surface area contributed by atoms with Crippen LogP contribution in [0.15, 0.2) is 42.6 Å². The second-order valence-electron chi connectivity index (χ2n) is 9.74. The number of nitrogens with two attached hydrogens (primary N) is 1. The second kappa shape index (κ2) is 10.6. The van der Waals surface area contributed by atoms with E-state index < -0.39 is 31.2 Å². The molecule has 37 heavy (non-hydrogen) atoms. The highest BCUT2D eigenvalue weighted by atomic mass is 32.2. The molecule has 11 heteroatoms. The molecule has 0 saturated carbocycles. The van der Waals surface area contributed by atoms with E-state index in [1.165, 1.54) is 0 Å². The number of fused-ring (bicyclic) bond motifs is 1. The van der Waals surface area contributed by atoms with Gasteiger partial charge in [-0.2, -0.15) is 0 Å². The molecule has 1 fully saturated rings. The van der Waals surface area contributed by atoms with E-state index >= 15 is 0 Å². The molecule has 1 aliphatic heterocycles. The number of nitrogens with zero attached hydrogens (tertiary/aromatic N) is 1. The molecule has 4 N–H and O–H groups in total. The van der Waals surface area contributed by atoms with Crippen LogP contribution >= 0.6 is 0 Å². The number of carbonyl (C=O) groups is 1. The van der Waals surface area contributed by atoms with Gasteiger partial charge in [-0.15, -0.1) is 0 Å². The number of H-pyrrole nitrogens is 1. The quantitative estimate of drug-likeness (QED) is 0.377. The highest BCUT2D eigenvalue weighted by Gasteiger charge is 2.29. The van der Waals surface area contributed by atoms with E-state index in [-0.39, 0.29) is 18.2 Å². The van der Waals surface area contributed by atoms with E-state index in [4.69, 9.17) is 5.73 Å². The Hall–Kier alpha value is -2.73. The van der Waals surface area contributed by atoms with Gasteiger partial charge in [0.25, 0.3) is 5.91 Å². The molecule has 1 amide bonds. The molecule has 0 aliphatic carbocycles. The summed E-state index contributed by atoms with van der Waals surface area (Å²) >= 11 is 0. The van der Waals surface area contributed by atoms with Crippen LogP contribution in [0.1, 0.15) is 61.0 Å². The summed E-state index contributed by atoms with van der Waals surface area (Å²) in [5.74, 6) is -0.316. The lowest BCUT2D eigenvalue weighted by atomic mass is 9.88. The van der Waals surface area contributed by atoms with Gasteiger partial charge in [0.1, 0.15) is 0 Å². The van der Waals surface area contributed by atoms with E-state index in [1.54, 1.807) is 31.1 Å². The van der Waals surface area contributed by atoms with Crippen molar-refractivity contribution in [2.45, 2.75) is 51.3 Å². The van der Waals surface area contributed by atoms with Crippen LogP contribution in [0.4, 0.5) is 0 Å². The van der Waals surface area contributed by atoms with E-state index in [0.717, 1.165) is 27.6 Å². The number of benzene rings is 2. The van der Waals surface area contributed by atoms with Gasteiger partial charge >= 0.3 is 0 Å². The minimum atomic E-state index is -3.40. The van der Waals surface area contributed by atoms with Crippen LogP contribution in [0.25, 0.3) is 22.0 Å². The fourth-order valence-corrected chi connectivity index (χ4v) is 6.62. The highest BCUT2D eigenvalue weighted by Crippen LogP contribution is 2.37. The number of sulfonamides is 2. The van der Waals surface area contributed by atoms with Crippen LogP contribution in [0, 0.1) is 0 Å². The Labute approximate surface area is 218 Å². The minimum absolute atomic E-state index is 0.0913. The Morgan fingerprint density at radius 3 is 2.43 bits per heavy atom. The van der Waals surface area contributed by atoms with Crippen LogP contribution in [0.2, 0.25) is 0 Å². The van der Waals surface area contributed by atoms with Crippen LogP contribution in [-0.2, 0) is 26.6 Å². The fourth-order valence-electron chi connectivity index (χ4n) is 4.79. The summed E-state index contributed by atoms with van der Waals surface area (Å²) in [4.78, 5) is 15.6. The van der Waals surface area contributed by atoms with Crippen molar-refractivity contribution < 1.29 is 21.6 Å². The molecule has 1 aliphatic rings. The molecule has 9 nitrogen and oxygen atoms in total. The number of rotatable bonds is 9. The first-order valence-electron chi connectivity index (χ1n) is 12.4. The van der Waals surface area contributed by atoms with E-state index in [0.29, 0.717) is 37.0 Å². The summed E-state index contributed by atoms with van der Waals surface area (Å²) in [5, 5.41) is 0.353. The largest absolute Gasteiger partial charge is 0.366 e. The first-order chi connectivity index (χ1) is 17.4. The van der Waals surface area contributed by atoms with Gasteiger partial charge in [-0.1, -0.05) is 18.2 Å². The zero-order valence-electron chi connectivity index (χ0n) is 21.3. The molecule has 0 bridgehead atoms. The van der Waals surface area contributed by atoms with Crippen LogP contribution < -0.4 is 10.5 Å². The average molecular weight is 547 g/mol. The monoisotopic (exact) mass is 546 g/mol. The number of carbonyl (C=O) groups excluding carboxylic acids is 1. The SMILES string of the molecule is CCS(=O)(=O)N1CCC(c2c[nH]c3c(C(N)=O)cc(-c4cccc(CNS(=O)(=O)C(C)C)c4)cc23)CC1. The molecular formula is C26H34N4O5S2. The number of hydrogen-bond acceptors (Lipinski definition) is 5. The van der Waals surface area contributed by atoms with Gasteiger partial charge in [-0.05, 0) is 80.0 Å². The number of aromatic nitrogens is 1. The molecule has 2 aromatic carbocycles. The molecule has 0 unspecified atom stereocenters. The van der Waals surface area contributed by atoms with Gasteiger partial charge in [0.05, 0.1) is 22.1 Å². The summed E-state index contributed by atoms with van der Waals surface area (Å²) < 4.78 is 53.1. The third-order valence-electron chi connectivity index (χ3n) is 7.10. The number of amides is 1. The smallest absolute Gasteiger partial charge is 0.250 e. The summed E-state index contributed by atoms with van der Waals surface area (Å²) in [6.45, 7) is 5.99. The number of hydrogen-bond donors (Lipinski definition) is 3. The second-order valence-corrected chi connectivity index (χ2v) is 14.3. The third kappa shape index (κ3) is 5.74. The lowest BCUT2D eigenvalue weighted by molar-refractivity contribution is 0.100. The van der Waals surface area contributed by atoms with Crippen molar-refractivity contribution in [1.29, 1.82) is 0 Å². The van der Waals surface area contributed by atoms with E-state index in [1.807, 2.05) is 36.5 Å². The van der Waals surface area contributed by atoms with Crippen molar-refractivity contribution in [1.82, 2.24) is 14.0 Å². The summed E-state index contributed by atoms with van der Waals surface area (Å²) in [7, 11) is -6.62. The van der Waals surface area contributed by atoms with Gasteiger partial charge in [-0.3, -0.25) is 4.79 Å². The van der Waals surface area contributed by atoms with Gasteiger partial charge < -0.3 is 10.7 Å². The van der Waals surface area contributed by atoms with E-state index in [2.05, 4.69) is 9.71 Å². The highest BCUT2D eigenvalue weighted by molar-refractivity contribution is 7.90. The summed E-state index contributed by atoms with van der Waals surface area (Å²) in [6, 6.07) is 11.3. The Morgan fingerprint density at radius 1 is 1.11 bits per heavy atom. The number of aromatic amines is 1. The van der Waals surface area contributed by atoms with Crippen molar-refractivity contribution >= 4 is 36.9 Å². The number of primary amides is 1. The maximum Gasteiger partial charge on any atom is 0.250 e. The molecule has 1 saturated heterocycles. The average Bonchev–Trinajstić information content (AvgIpc) is 3.31. The van der Waals surface area contributed by atoms with Crippen molar-refractivity contribution in [2.24, 2.45) is 5.73 Å². The third-order valence-corrected chi connectivity index (χ3v) is 10.8. The minimum Gasteiger partial charge on any atom is -0.366 e. The first kappa shape index (κ1) is 27.3. The topological polar surface area (TPSA) is 142 Å².